The second kappa shape index (κ2) is 10.6. The summed E-state index contributed by atoms with van der Waals surface area (Å²) in [6, 6.07) is 24.4. The fraction of sp³-hybridized carbons (Fsp3) is 0.241. The van der Waals surface area contributed by atoms with Gasteiger partial charge in [0.15, 0.2) is 0 Å². The van der Waals surface area contributed by atoms with Crippen LogP contribution in [0.3, 0.4) is 0 Å². The molecule has 0 radical (unpaired) electrons. The predicted octanol–water partition coefficient (Wildman–Crippen LogP) is 5.57. The van der Waals surface area contributed by atoms with Gasteiger partial charge >= 0.3 is 0 Å². The van der Waals surface area contributed by atoms with Crippen LogP contribution in [0.4, 0.5) is 5.69 Å². The van der Waals surface area contributed by atoms with Crippen molar-refractivity contribution in [3.05, 3.63) is 101 Å². The summed E-state index contributed by atoms with van der Waals surface area (Å²) in [7, 11) is 0. The van der Waals surface area contributed by atoms with Crippen molar-refractivity contribution in [3.63, 3.8) is 0 Å². The van der Waals surface area contributed by atoms with Crippen LogP contribution in [0.15, 0.2) is 83.4 Å². The van der Waals surface area contributed by atoms with E-state index in [0.29, 0.717) is 35.9 Å². The molecule has 4 aromatic rings. The van der Waals surface area contributed by atoms with E-state index in [1.807, 2.05) is 71.6 Å². The molecular formula is C29H28N4O3. The molecular weight excluding hydrogens is 452 g/mol. The van der Waals surface area contributed by atoms with Crippen molar-refractivity contribution < 1.29 is 14.1 Å². The molecule has 1 fully saturated rings. The van der Waals surface area contributed by atoms with Gasteiger partial charge in [0.25, 0.3) is 11.8 Å². The average Bonchev–Trinajstić information content (AvgIpc) is 3.44. The number of piperidine rings is 1. The Bertz CT molecular complexity index is 1340. The molecule has 7 nitrogen and oxygen atoms in total. The SMILES string of the molecule is CCc1cccc(NC(=O)c2ccc(-c3noc(C4CCN(C(=O)c5ccccc5)CC4)n3)cc2)c1. The number of likely N-dealkylation sites (tertiary alicyclic amines) is 1. The van der Waals surface area contributed by atoms with Crippen LogP contribution in [0.5, 0.6) is 0 Å². The first kappa shape index (κ1) is 23.5. The van der Waals surface area contributed by atoms with E-state index in [4.69, 9.17) is 4.52 Å². The zero-order chi connectivity index (χ0) is 24.9. The predicted molar refractivity (Wildman–Crippen MR) is 138 cm³/mol. The molecule has 1 saturated heterocycles. The average molecular weight is 481 g/mol. The molecule has 2 amide bonds. The summed E-state index contributed by atoms with van der Waals surface area (Å²) in [5.74, 6) is 1.10. The van der Waals surface area contributed by atoms with Crippen LogP contribution >= 0.6 is 0 Å². The van der Waals surface area contributed by atoms with E-state index in [-0.39, 0.29) is 17.7 Å². The lowest BCUT2D eigenvalue weighted by atomic mass is 9.96. The lowest BCUT2D eigenvalue weighted by Crippen LogP contribution is -2.37. The Labute approximate surface area is 210 Å². The molecule has 0 atom stereocenters. The van der Waals surface area contributed by atoms with E-state index in [2.05, 4.69) is 22.4 Å². The maximum Gasteiger partial charge on any atom is 0.255 e. The normalized spacial score (nSPS) is 14.0. The molecule has 7 heteroatoms. The van der Waals surface area contributed by atoms with Gasteiger partial charge in [-0.1, -0.05) is 54.5 Å². The van der Waals surface area contributed by atoms with E-state index in [9.17, 15) is 9.59 Å². The molecule has 0 aliphatic carbocycles. The zero-order valence-corrected chi connectivity index (χ0v) is 20.2. The van der Waals surface area contributed by atoms with Gasteiger partial charge in [-0.3, -0.25) is 9.59 Å². The molecule has 0 saturated carbocycles. The third kappa shape index (κ3) is 5.20. The van der Waals surface area contributed by atoms with Gasteiger partial charge in [-0.25, -0.2) is 0 Å². The van der Waals surface area contributed by atoms with Crippen LogP contribution in [0, 0.1) is 0 Å². The fourth-order valence-electron chi connectivity index (χ4n) is 4.45. The molecule has 182 valence electrons. The number of carbonyl (C=O) groups is 2. The van der Waals surface area contributed by atoms with E-state index in [1.54, 1.807) is 12.1 Å². The molecule has 0 bridgehead atoms. The summed E-state index contributed by atoms with van der Waals surface area (Å²) < 4.78 is 5.57. The third-order valence-corrected chi connectivity index (χ3v) is 6.59. The standard InChI is InChI=1S/C29H28N4O3/c1-2-20-7-6-10-25(19-20)30-27(34)22-13-11-21(12-14-22)26-31-28(36-32-26)23-15-17-33(18-16-23)29(35)24-8-4-3-5-9-24/h3-14,19,23H,2,15-18H2,1H3,(H,30,34). The second-order valence-corrected chi connectivity index (χ2v) is 8.97. The van der Waals surface area contributed by atoms with Gasteiger partial charge in [-0.2, -0.15) is 4.98 Å². The Morgan fingerprint density at radius 3 is 2.42 bits per heavy atom. The van der Waals surface area contributed by atoms with Gasteiger partial charge in [-0.15, -0.1) is 0 Å². The highest BCUT2D eigenvalue weighted by Gasteiger charge is 2.28. The second-order valence-electron chi connectivity index (χ2n) is 8.97. The van der Waals surface area contributed by atoms with E-state index in [1.165, 1.54) is 5.56 Å². The van der Waals surface area contributed by atoms with Crippen molar-refractivity contribution in [3.8, 4) is 11.4 Å². The maximum atomic E-state index is 12.7. The van der Waals surface area contributed by atoms with Gasteiger partial charge in [-0.05, 0) is 61.2 Å². The maximum absolute atomic E-state index is 12.7. The summed E-state index contributed by atoms with van der Waals surface area (Å²) >= 11 is 0. The summed E-state index contributed by atoms with van der Waals surface area (Å²) in [5.41, 5.74) is 4.00. The van der Waals surface area contributed by atoms with Crippen molar-refractivity contribution >= 4 is 17.5 Å². The number of aryl methyl sites for hydroxylation is 1. The van der Waals surface area contributed by atoms with Crippen LogP contribution in [-0.4, -0.2) is 39.9 Å². The van der Waals surface area contributed by atoms with Gasteiger partial charge in [0, 0.05) is 41.4 Å². The Balaban J connectivity index is 1.19. The van der Waals surface area contributed by atoms with Crippen molar-refractivity contribution in [1.29, 1.82) is 0 Å². The molecule has 2 heterocycles. The van der Waals surface area contributed by atoms with Gasteiger partial charge in [0.1, 0.15) is 0 Å². The van der Waals surface area contributed by atoms with Crippen molar-refractivity contribution in [2.24, 2.45) is 0 Å². The molecule has 1 aromatic heterocycles. The molecule has 1 aliphatic heterocycles. The number of aromatic nitrogens is 2. The Morgan fingerprint density at radius 2 is 1.69 bits per heavy atom. The summed E-state index contributed by atoms with van der Waals surface area (Å²) in [4.78, 5) is 31.8. The minimum absolute atomic E-state index is 0.0578. The highest BCUT2D eigenvalue weighted by molar-refractivity contribution is 6.04. The molecule has 36 heavy (non-hydrogen) atoms. The van der Waals surface area contributed by atoms with E-state index >= 15 is 0 Å². The largest absolute Gasteiger partial charge is 0.339 e. The van der Waals surface area contributed by atoms with Crippen LogP contribution in [0.2, 0.25) is 0 Å². The topological polar surface area (TPSA) is 88.3 Å². The van der Waals surface area contributed by atoms with Crippen LogP contribution in [0.25, 0.3) is 11.4 Å². The third-order valence-electron chi connectivity index (χ3n) is 6.59. The number of nitrogens with one attached hydrogen (secondary N) is 1. The molecule has 1 aliphatic rings. The summed E-state index contributed by atoms with van der Waals surface area (Å²) in [6.45, 7) is 3.39. The summed E-state index contributed by atoms with van der Waals surface area (Å²) in [5, 5.41) is 7.10. The first-order valence-corrected chi connectivity index (χ1v) is 12.3. The number of rotatable bonds is 6. The Hall–Kier alpha value is -4.26. The van der Waals surface area contributed by atoms with Gasteiger partial charge in [0.05, 0.1) is 0 Å². The lowest BCUT2D eigenvalue weighted by Gasteiger charge is -2.30. The number of hydrogen-bond donors (Lipinski definition) is 1. The lowest BCUT2D eigenvalue weighted by molar-refractivity contribution is 0.0704. The number of carbonyl (C=O) groups excluding carboxylic acids is 2. The first-order valence-electron chi connectivity index (χ1n) is 12.3. The molecule has 0 spiro atoms. The minimum Gasteiger partial charge on any atom is -0.339 e. The molecule has 3 aromatic carbocycles. The highest BCUT2D eigenvalue weighted by atomic mass is 16.5. The number of anilines is 1. The van der Waals surface area contributed by atoms with Gasteiger partial charge in [0.2, 0.25) is 11.7 Å². The summed E-state index contributed by atoms with van der Waals surface area (Å²) in [6.07, 6.45) is 2.47. The monoisotopic (exact) mass is 480 g/mol. The minimum atomic E-state index is -0.166. The van der Waals surface area contributed by atoms with Gasteiger partial charge < -0.3 is 14.7 Å². The van der Waals surface area contributed by atoms with E-state index in [0.717, 1.165) is 30.5 Å². The van der Waals surface area contributed by atoms with Crippen LogP contribution in [0.1, 0.15) is 57.9 Å². The van der Waals surface area contributed by atoms with Crippen LogP contribution in [-0.2, 0) is 6.42 Å². The quantitative estimate of drug-likeness (QED) is 0.390. The number of nitrogens with zero attached hydrogens (tertiary/aromatic N) is 3. The smallest absolute Gasteiger partial charge is 0.255 e. The zero-order valence-electron chi connectivity index (χ0n) is 20.2. The first-order chi connectivity index (χ1) is 17.6. The van der Waals surface area contributed by atoms with Crippen LogP contribution < -0.4 is 5.32 Å². The molecule has 1 N–H and O–H groups in total. The van der Waals surface area contributed by atoms with E-state index < -0.39 is 0 Å². The Kier molecular flexibility index (Phi) is 6.89. The van der Waals surface area contributed by atoms with Crippen molar-refractivity contribution in [2.45, 2.75) is 32.1 Å². The van der Waals surface area contributed by atoms with Crippen molar-refractivity contribution in [2.75, 3.05) is 18.4 Å². The number of hydrogen-bond acceptors (Lipinski definition) is 5. The highest BCUT2D eigenvalue weighted by Crippen LogP contribution is 2.29. The van der Waals surface area contributed by atoms with Crippen molar-refractivity contribution in [1.82, 2.24) is 15.0 Å². The molecule has 0 unspecified atom stereocenters. The molecule has 5 rings (SSSR count). The Morgan fingerprint density at radius 1 is 0.944 bits per heavy atom. The number of benzene rings is 3. The number of amides is 2. The fourth-order valence-corrected chi connectivity index (χ4v) is 4.45.